The van der Waals surface area contributed by atoms with E-state index in [1.165, 1.54) is 24.7 Å². The van der Waals surface area contributed by atoms with Crippen molar-refractivity contribution >= 4 is 11.6 Å². The maximum Gasteiger partial charge on any atom is 0.323 e. The summed E-state index contributed by atoms with van der Waals surface area (Å²) in [7, 11) is 0. The Morgan fingerprint density at radius 3 is 3.00 bits per heavy atom. The molecule has 0 unspecified atom stereocenters. The Bertz CT molecular complexity index is 553. The quantitative estimate of drug-likeness (QED) is 0.794. The Labute approximate surface area is 96.3 Å². The fraction of sp³-hybridized carbons (Fsp3) is 0. The van der Waals surface area contributed by atoms with Crippen LogP contribution in [-0.4, -0.2) is 15.0 Å². The van der Waals surface area contributed by atoms with Gasteiger partial charge in [0.2, 0.25) is 0 Å². The van der Waals surface area contributed by atoms with Crippen LogP contribution in [0.25, 0.3) is 0 Å². The molecule has 0 amide bonds. The highest BCUT2D eigenvalue weighted by molar-refractivity contribution is 6.30. The minimum absolute atomic E-state index is 0.0862. The molecular formula is C10H5ClN4O. The molecule has 2 heterocycles. The lowest BCUT2D eigenvalue weighted by atomic mass is 10.4. The van der Waals surface area contributed by atoms with E-state index in [4.69, 9.17) is 21.6 Å². The number of halogens is 1. The first-order chi connectivity index (χ1) is 7.78. The van der Waals surface area contributed by atoms with E-state index in [2.05, 4.69) is 15.0 Å². The summed E-state index contributed by atoms with van der Waals surface area (Å²) in [6, 6.07) is 5.05. The van der Waals surface area contributed by atoms with Gasteiger partial charge in [0.25, 0.3) is 0 Å². The van der Waals surface area contributed by atoms with E-state index >= 15 is 0 Å². The SMILES string of the molecule is N#Cc1ccnc(Oc2cncc(Cl)c2)n1. The van der Waals surface area contributed by atoms with Crippen LogP contribution in [0, 0.1) is 11.3 Å². The van der Waals surface area contributed by atoms with Crippen molar-refractivity contribution in [2.75, 3.05) is 0 Å². The lowest BCUT2D eigenvalue weighted by Crippen LogP contribution is -1.93. The van der Waals surface area contributed by atoms with Crippen LogP contribution in [0.4, 0.5) is 0 Å². The third-order valence-corrected chi connectivity index (χ3v) is 1.84. The molecule has 0 aliphatic heterocycles. The van der Waals surface area contributed by atoms with Crippen LogP contribution in [0.15, 0.2) is 30.7 Å². The lowest BCUT2D eigenvalue weighted by Gasteiger charge is -2.02. The van der Waals surface area contributed by atoms with Crippen molar-refractivity contribution in [3.05, 3.63) is 41.4 Å². The Balaban J connectivity index is 2.24. The highest BCUT2D eigenvalue weighted by Gasteiger charge is 2.02. The molecule has 78 valence electrons. The van der Waals surface area contributed by atoms with Crippen LogP contribution in [0.2, 0.25) is 5.02 Å². The van der Waals surface area contributed by atoms with Crippen molar-refractivity contribution in [2.45, 2.75) is 0 Å². The van der Waals surface area contributed by atoms with Gasteiger partial charge in [-0.05, 0) is 6.07 Å². The number of nitriles is 1. The summed E-state index contributed by atoms with van der Waals surface area (Å²) >= 11 is 5.73. The molecule has 0 atom stereocenters. The minimum atomic E-state index is 0.0862. The third-order valence-electron chi connectivity index (χ3n) is 1.64. The highest BCUT2D eigenvalue weighted by Crippen LogP contribution is 2.19. The van der Waals surface area contributed by atoms with E-state index < -0.39 is 0 Å². The second-order valence-corrected chi connectivity index (χ2v) is 3.21. The van der Waals surface area contributed by atoms with Crippen LogP contribution in [0.5, 0.6) is 11.8 Å². The average molecular weight is 233 g/mol. The van der Waals surface area contributed by atoms with Crippen molar-refractivity contribution in [2.24, 2.45) is 0 Å². The van der Waals surface area contributed by atoms with Gasteiger partial charge in [0.15, 0.2) is 5.75 Å². The fourth-order valence-corrected chi connectivity index (χ4v) is 1.17. The fourth-order valence-electron chi connectivity index (χ4n) is 1.01. The third kappa shape index (κ3) is 2.43. The van der Waals surface area contributed by atoms with Gasteiger partial charge in [-0.15, -0.1) is 0 Å². The zero-order chi connectivity index (χ0) is 11.4. The van der Waals surface area contributed by atoms with Crippen molar-refractivity contribution in [1.29, 1.82) is 5.26 Å². The van der Waals surface area contributed by atoms with E-state index in [1.807, 2.05) is 6.07 Å². The molecular weight excluding hydrogens is 228 g/mol. The molecule has 0 spiro atoms. The number of ether oxygens (including phenoxy) is 1. The summed E-state index contributed by atoms with van der Waals surface area (Å²) in [6.07, 6.45) is 4.41. The molecule has 0 aromatic carbocycles. The van der Waals surface area contributed by atoms with E-state index in [0.717, 1.165) is 0 Å². The van der Waals surface area contributed by atoms with Gasteiger partial charge in [0.1, 0.15) is 11.8 Å². The molecule has 0 bridgehead atoms. The molecule has 0 saturated heterocycles. The number of rotatable bonds is 2. The van der Waals surface area contributed by atoms with Gasteiger partial charge < -0.3 is 4.74 Å². The van der Waals surface area contributed by atoms with Gasteiger partial charge in [0, 0.05) is 18.5 Å². The standard InChI is InChI=1S/C10H5ClN4O/c11-7-3-9(6-13-5-7)16-10-14-2-1-8(4-12)15-10/h1-3,5-6H. The first-order valence-electron chi connectivity index (χ1n) is 4.29. The average Bonchev–Trinajstić information content (AvgIpc) is 2.29. The second-order valence-electron chi connectivity index (χ2n) is 2.78. The van der Waals surface area contributed by atoms with E-state index in [0.29, 0.717) is 10.8 Å². The van der Waals surface area contributed by atoms with Gasteiger partial charge in [-0.25, -0.2) is 4.98 Å². The Kier molecular flexibility index (Phi) is 2.94. The predicted octanol–water partition coefficient (Wildman–Crippen LogP) is 2.19. The Morgan fingerprint density at radius 2 is 2.25 bits per heavy atom. The van der Waals surface area contributed by atoms with Crippen LogP contribution >= 0.6 is 11.6 Å². The Hall–Kier alpha value is -2.19. The number of aromatic nitrogens is 3. The summed E-state index contributed by atoms with van der Waals surface area (Å²) in [5.74, 6) is 0.419. The summed E-state index contributed by atoms with van der Waals surface area (Å²) in [5.41, 5.74) is 0.236. The molecule has 16 heavy (non-hydrogen) atoms. The van der Waals surface area contributed by atoms with E-state index in [1.54, 1.807) is 6.07 Å². The van der Waals surface area contributed by atoms with Crippen LogP contribution in [-0.2, 0) is 0 Å². The largest absolute Gasteiger partial charge is 0.423 e. The molecule has 5 nitrogen and oxygen atoms in total. The summed E-state index contributed by atoms with van der Waals surface area (Å²) in [6.45, 7) is 0. The van der Waals surface area contributed by atoms with Crippen molar-refractivity contribution in [3.8, 4) is 17.8 Å². The van der Waals surface area contributed by atoms with Gasteiger partial charge >= 0.3 is 6.01 Å². The monoisotopic (exact) mass is 232 g/mol. The van der Waals surface area contributed by atoms with Gasteiger partial charge in [-0.2, -0.15) is 10.2 Å². The zero-order valence-electron chi connectivity index (χ0n) is 7.96. The maximum atomic E-state index is 8.64. The van der Waals surface area contributed by atoms with E-state index in [-0.39, 0.29) is 11.7 Å². The highest BCUT2D eigenvalue weighted by atomic mass is 35.5. The molecule has 6 heteroatoms. The van der Waals surface area contributed by atoms with Crippen LogP contribution in [0.3, 0.4) is 0 Å². The second kappa shape index (κ2) is 4.55. The van der Waals surface area contributed by atoms with Gasteiger partial charge in [-0.1, -0.05) is 11.6 Å². The van der Waals surface area contributed by atoms with Crippen molar-refractivity contribution in [1.82, 2.24) is 15.0 Å². The first-order valence-corrected chi connectivity index (χ1v) is 4.67. The molecule has 0 saturated carbocycles. The molecule has 2 aromatic heterocycles. The van der Waals surface area contributed by atoms with Crippen LogP contribution in [0.1, 0.15) is 5.69 Å². The molecule has 0 fully saturated rings. The molecule has 0 aliphatic carbocycles. The number of hydrogen-bond donors (Lipinski definition) is 0. The topological polar surface area (TPSA) is 71.7 Å². The lowest BCUT2D eigenvalue weighted by molar-refractivity contribution is 0.439. The molecule has 2 rings (SSSR count). The first kappa shape index (κ1) is 10.3. The van der Waals surface area contributed by atoms with Crippen molar-refractivity contribution < 1.29 is 4.74 Å². The van der Waals surface area contributed by atoms with E-state index in [9.17, 15) is 0 Å². The number of nitrogens with zero attached hydrogens (tertiary/aromatic N) is 4. The minimum Gasteiger partial charge on any atom is -0.423 e. The van der Waals surface area contributed by atoms with Crippen LogP contribution < -0.4 is 4.74 Å². The molecule has 0 aliphatic rings. The summed E-state index contributed by atoms with van der Waals surface area (Å²) < 4.78 is 5.28. The summed E-state index contributed by atoms with van der Waals surface area (Å²) in [4.78, 5) is 11.6. The predicted molar refractivity (Wildman–Crippen MR) is 56.1 cm³/mol. The summed E-state index contributed by atoms with van der Waals surface area (Å²) in [5, 5.41) is 9.10. The zero-order valence-corrected chi connectivity index (χ0v) is 8.72. The Morgan fingerprint density at radius 1 is 1.38 bits per heavy atom. The van der Waals surface area contributed by atoms with Gasteiger partial charge in [-0.3, -0.25) is 4.98 Å². The van der Waals surface area contributed by atoms with Gasteiger partial charge in [0.05, 0.1) is 11.2 Å². The number of hydrogen-bond acceptors (Lipinski definition) is 5. The maximum absolute atomic E-state index is 8.64. The number of pyridine rings is 1. The smallest absolute Gasteiger partial charge is 0.323 e. The molecule has 0 N–H and O–H groups in total. The molecule has 0 radical (unpaired) electrons. The van der Waals surface area contributed by atoms with Crippen molar-refractivity contribution in [3.63, 3.8) is 0 Å². The molecule has 2 aromatic rings. The normalized spacial score (nSPS) is 9.50.